The molecular weight excluding hydrogens is 401 g/mol. The molecule has 30 heavy (non-hydrogen) atoms. The zero-order valence-electron chi connectivity index (χ0n) is 16.0. The molecule has 1 amide bonds. The van der Waals surface area contributed by atoms with Gasteiger partial charge in [-0.15, -0.1) is 11.3 Å². The van der Waals surface area contributed by atoms with Crippen LogP contribution in [0.5, 0.6) is 0 Å². The van der Waals surface area contributed by atoms with Crippen molar-refractivity contribution in [2.75, 3.05) is 6.54 Å². The number of hydrogen-bond acceptors (Lipinski definition) is 4. The molecule has 0 radical (unpaired) electrons. The molecule has 4 aromatic rings. The van der Waals surface area contributed by atoms with Crippen LogP contribution in [-0.2, 0) is 24.3 Å². The molecule has 0 aliphatic carbocycles. The number of hydrogen-bond donors (Lipinski definition) is 0. The summed E-state index contributed by atoms with van der Waals surface area (Å²) in [5.41, 5.74) is 3.62. The van der Waals surface area contributed by atoms with Crippen molar-refractivity contribution >= 4 is 27.5 Å². The molecule has 0 saturated carbocycles. The molecule has 0 unspecified atom stereocenters. The monoisotopic (exact) mass is 419 g/mol. The van der Waals surface area contributed by atoms with Crippen LogP contribution in [0.25, 0.3) is 21.3 Å². The summed E-state index contributed by atoms with van der Waals surface area (Å²) in [6.45, 7) is 1.14. The minimum atomic E-state index is -0.331. The summed E-state index contributed by atoms with van der Waals surface area (Å²) in [5, 5.41) is 2.31. The van der Waals surface area contributed by atoms with Crippen molar-refractivity contribution in [2.45, 2.75) is 19.5 Å². The molecule has 150 valence electrons. The lowest BCUT2D eigenvalue weighted by atomic mass is 10.00. The van der Waals surface area contributed by atoms with Crippen molar-refractivity contribution in [3.63, 3.8) is 0 Å². The third-order valence-corrected chi connectivity index (χ3v) is 6.39. The predicted octanol–water partition coefficient (Wildman–Crippen LogP) is 3.85. The van der Waals surface area contributed by atoms with Crippen LogP contribution in [0.2, 0.25) is 0 Å². The Hall–Kier alpha value is -3.32. The molecule has 0 bridgehead atoms. The van der Waals surface area contributed by atoms with E-state index in [0.29, 0.717) is 28.9 Å². The van der Waals surface area contributed by atoms with Crippen LogP contribution in [0.1, 0.15) is 11.1 Å². The Morgan fingerprint density at radius 3 is 2.67 bits per heavy atom. The summed E-state index contributed by atoms with van der Waals surface area (Å²) >= 11 is 1.36. The summed E-state index contributed by atoms with van der Waals surface area (Å²) in [5.74, 6) is -0.436. The first kappa shape index (κ1) is 18.7. The van der Waals surface area contributed by atoms with E-state index in [0.717, 1.165) is 17.5 Å². The van der Waals surface area contributed by atoms with Gasteiger partial charge in [-0.05, 0) is 35.2 Å². The van der Waals surface area contributed by atoms with Gasteiger partial charge in [0.15, 0.2) is 0 Å². The van der Waals surface area contributed by atoms with Gasteiger partial charge < -0.3 is 4.90 Å². The van der Waals surface area contributed by atoms with E-state index in [9.17, 15) is 14.0 Å². The molecule has 3 heterocycles. The van der Waals surface area contributed by atoms with Gasteiger partial charge in [-0.3, -0.25) is 14.2 Å². The highest BCUT2D eigenvalue weighted by Gasteiger charge is 2.22. The van der Waals surface area contributed by atoms with Gasteiger partial charge in [0, 0.05) is 24.0 Å². The highest BCUT2D eigenvalue weighted by Crippen LogP contribution is 2.30. The lowest BCUT2D eigenvalue weighted by Crippen LogP contribution is -2.39. The highest BCUT2D eigenvalue weighted by molar-refractivity contribution is 7.17. The fraction of sp³-hybridized carbons (Fsp3) is 0.174. The SMILES string of the molecule is O=C(Cn1cnc2scc(-c3ccc(F)cc3)c2c1=O)N1CCc2ccccc2C1. The fourth-order valence-corrected chi connectivity index (χ4v) is 4.78. The molecule has 5 rings (SSSR count). The maximum absolute atomic E-state index is 13.3. The highest BCUT2D eigenvalue weighted by atomic mass is 32.1. The zero-order chi connectivity index (χ0) is 20.7. The molecule has 0 fully saturated rings. The van der Waals surface area contributed by atoms with Crippen molar-refractivity contribution in [1.82, 2.24) is 14.5 Å². The molecule has 0 N–H and O–H groups in total. The molecule has 5 nitrogen and oxygen atoms in total. The van der Waals surface area contributed by atoms with Crippen molar-refractivity contribution in [1.29, 1.82) is 0 Å². The molecule has 1 aliphatic heterocycles. The minimum absolute atomic E-state index is 0.0529. The maximum Gasteiger partial charge on any atom is 0.263 e. The smallest absolute Gasteiger partial charge is 0.263 e. The Bertz CT molecular complexity index is 1310. The number of aromatic nitrogens is 2. The first-order chi connectivity index (χ1) is 14.6. The Balaban J connectivity index is 1.45. The normalized spacial score (nSPS) is 13.4. The van der Waals surface area contributed by atoms with E-state index in [-0.39, 0.29) is 23.8 Å². The Morgan fingerprint density at radius 2 is 1.87 bits per heavy atom. The molecule has 0 atom stereocenters. The van der Waals surface area contributed by atoms with Gasteiger partial charge in [0.1, 0.15) is 17.2 Å². The van der Waals surface area contributed by atoms with Crippen molar-refractivity contribution in [3.8, 4) is 11.1 Å². The lowest BCUT2D eigenvalue weighted by molar-refractivity contribution is -0.132. The number of carbonyl (C=O) groups is 1. The summed E-state index contributed by atoms with van der Waals surface area (Å²) in [4.78, 5) is 32.8. The second kappa shape index (κ2) is 7.50. The van der Waals surface area contributed by atoms with Crippen molar-refractivity contribution in [3.05, 3.63) is 87.5 Å². The number of benzene rings is 2. The second-order valence-electron chi connectivity index (χ2n) is 7.35. The third kappa shape index (κ3) is 3.31. The van der Waals surface area contributed by atoms with Gasteiger partial charge in [-0.2, -0.15) is 0 Å². The van der Waals surface area contributed by atoms with Gasteiger partial charge in [-0.25, -0.2) is 9.37 Å². The largest absolute Gasteiger partial charge is 0.336 e. The number of fused-ring (bicyclic) bond motifs is 2. The average Bonchev–Trinajstić information content (AvgIpc) is 3.21. The van der Waals surface area contributed by atoms with E-state index in [1.54, 1.807) is 17.0 Å². The van der Waals surface area contributed by atoms with Gasteiger partial charge in [0.2, 0.25) is 5.91 Å². The molecule has 0 saturated heterocycles. The quantitative estimate of drug-likeness (QED) is 0.507. The first-order valence-electron chi connectivity index (χ1n) is 9.67. The van der Waals surface area contributed by atoms with E-state index in [2.05, 4.69) is 11.1 Å². The van der Waals surface area contributed by atoms with Gasteiger partial charge in [0.05, 0.1) is 11.7 Å². The van der Waals surface area contributed by atoms with Crippen LogP contribution in [0.3, 0.4) is 0 Å². The number of rotatable bonds is 3. The van der Waals surface area contributed by atoms with E-state index in [4.69, 9.17) is 0 Å². The van der Waals surface area contributed by atoms with Crippen LogP contribution in [-0.4, -0.2) is 26.9 Å². The van der Waals surface area contributed by atoms with Gasteiger partial charge in [-0.1, -0.05) is 36.4 Å². The number of halogens is 1. The molecule has 1 aliphatic rings. The fourth-order valence-electron chi connectivity index (χ4n) is 3.88. The van der Waals surface area contributed by atoms with Crippen LogP contribution < -0.4 is 5.56 Å². The number of thiophene rings is 1. The summed E-state index contributed by atoms with van der Waals surface area (Å²) < 4.78 is 14.6. The van der Waals surface area contributed by atoms with E-state index >= 15 is 0 Å². The van der Waals surface area contributed by atoms with Crippen LogP contribution in [0.4, 0.5) is 4.39 Å². The maximum atomic E-state index is 13.3. The Labute approximate surface area is 176 Å². The summed E-state index contributed by atoms with van der Waals surface area (Å²) in [7, 11) is 0. The average molecular weight is 419 g/mol. The van der Waals surface area contributed by atoms with E-state index in [1.807, 2.05) is 23.6 Å². The second-order valence-corrected chi connectivity index (χ2v) is 8.21. The van der Waals surface area contributed by atoms with Crippen molar-refractivity contribution in [2.24, 2.45) is 0 Å². The van der Waals surface area contributed by atoms with Crippen molar-refractivity contribution < 1.29 is 9.18 Å². The number of nitrogens with zero attached hydrogens (tertiary/aromatic N) is 3. The summed E-state index contributed by atoms with van der Waals surface area (Å²) in [6.07, 6.45) is 2.25. The molecule has 2 aromatic heterocycles. The van der Waals surface area contributed by atoms with Crippen LogP contribution in [0.15, 0.2) is 65.0 Å². The van der Waals surface area contributed by atoms with Crippen LogP contribution in [0, 0.1) is 5.82 Å². The summed E-state index contributed by atoms with van der Waals surface area (Å²) in [6, 6.07) is 14.1. The number of amides is 1. The standard InChI is InChI=1S/C23H18FN3O2S/c24-18-7-5-16(6-8-18)19-13-30-22-21(19)23(29)27(14-25-22)12-20(28)26-10-9-15-3-1-2-4-17(15)11-26/h1-8,13-14H,9-12H2. The van der Waals surface area contributed by atoms with Crippen LogP contribution >= 0.6 is 11.3 Å². The lowest BCUT2D eigenvalue weighted by Gasteiger charge is -2.29. The Morgan fingerprint density at radius 1 is 1.10 bits per heavy atom. The van der Waals surface area contributed by atoms with Gasteiger partial charge >= 0.3 is 0 Å². The van der Waals surface area contributed by atoms with E-state index < -0.39 is 0 Å². The Kier molecular flexibility index (Phi) is 4.67. The third-order valence-electron chi connectivity index (χ3n) is 5.50. The topological polar surface area (TPSA) is 55.2 Å². The first-order valence-corrected chi connectivity index (χ1v) is 10.6. The minimum Gasteiger partial charge on any atom is -0.336 e. The molecule has 2 aromatic carbocycles. The molecule has 7 heteroatoms. The van der Waals surface area contributed by atoms with E-state index in [1.165, 1.54) is 39.9 Å². The molecular formula is C23H18FN3O2S. The zero-order valence-corrected chi connectivity index (χ0v) is 16.9. The predicted molar refractivity (Wildman–Crippen MR) is 115 cm³/mol. The van der Waals surface area contributed by atoms with Gasteiger partial charge in [0.25, 0.3) is 5.56 Å². The molecule has 0 spiro atoms. The number of carbonyl (C=O) groups excluding carboxylic acids is 1.